The average molecular weight is 183 g/mol. The van der Waals surface area contributed by atoms with Crippen LogP contribution in [-0.2, 0) is 4.79 Å². The van der Waals surface area contributed by atoms with Gasteiger partial charge in [0.1, 0.15) is 0 Å². The van der Waals surface area contributed by atoms with Gasteiger partial charge in [-0.1, -0.05) is 0 Å². The van der Waals surface area contributed by atoms with Crippen molar-refractivity contribution < 1.29 is 22.8 Å². The lowest BCUT2D eigenvalue weighted by Crippen LogP contribution is -2.65. The van der Waals surface area contributed by atoms with E-state index in [1.165, 1.54) is 10.6 Å². The summed E-state index contributed by atoms with van der Waals surface area (Å²) >= 11 is 0. The molecule has 5 nitrogen and oxygen atoms in total. The van der Waals surface area contributed by atoms with Crippen molar-refractivity contribution in [1.29, 1.82) is 0 Å². The molecular weight excluding hydrogens is 179 g/mol. The van der Waals surface area contributed by atoms with Crippen LogP contribution in [0.4, 0.5) is 18.0 Å². The van der Waals surface area contributed by atoms with Crippen LogP contribution in [0.2, 0.25) is 0 Å². The van der Waals surface area contributed by atoms with Crippen LogP contribution in [0.1, 0.15) is 0 Å². The van der Waals surface area contributed by atoms with Crippen molar-refractivity contribution in [3.63, 3.8) is 0 Å². The molecule has 8 heteroatoms. The second-order valence-electron chi connectivity index (χ2n) is 2.21. The van der Waals surface area contributed by atoms with E-state index in [9.17, 15) is 22.8 Å². The minimum absolute atomic E-state index is 1.25. The molecule has 1 fully saturated rings. The minimum atomic E-state index is -5.00. The van der Waals surface area contributed by atoms with Crippen LogP contribution in [0.5, 0.6) is 0 Å². The summed E-state index contributed by atoms with van der Waals surface area (Å²) < 4.78 is 35.9. The highest BCUT2D eigenvalue weighted by Gasteiger charge is 2.62. The van der Waals surface area contributed by atoms with E-state index in [1.807, 2.05) is 0 Å². The first-order chi connectivity index (χ1) is 5.27. The van der Waals surface area contributed by atoms with E-state index in [0.29, 0.717) is 0 Å². The first-order valence-electron chi connectivity index (χ1n) is 2.76. The van der Waals surface area contributed by atoms with E-state index < -0.39 is 23.8 Å². The summed E-state index contributed by atoms with van der Waals surface area (Å²) in [5, 5.41) is 2.65. The van der Waals surface area contributed by atoms with Gasteiger partial charge in [0, 0.05) is 0 Å². The molecule has 1 saturated heterocycles. The number of imide groups is 1. The number of nitrogens with one attached hydrogen (secondary N) is 2. The molecule has 0 spiro atoms. The molecule has 0 radical (unpaired) electrons. The summed E-state index contributed by atoms with van der Waals surface area (Å²) in [5.74, 6) is -1.60. The molecule has 0 aromatic heterocycles. The van der Waals surface area contributed by atoms with Crippen LogP contribution in [0.3, 0.4) is 0 Å². The van der Waals surface area contributed by atoms with Crippen molar-refractivity contribution in [3.8, 4) is 0 Å². The molecule has 0 bridgehead atoms. The third-order valence-electron chi connectivity index (χ3n) is 1.34. The molecule has 1 atom stereocenters. The van der Waals surface area contributed by atoms with Gasteiger partial charge in [-0.15, -0.1) is 0 Å². The summed E-state index contributed by atoms with van der Waals surface area (Å²) in [6.45, 7) is 0. The Balaban J connectivity index is 3.00. The van der Waals surface area contributed by atoms with Crippen LogP contribution in [0.25, 0.3) is 0 Å². The van der Waals surface area contributed by atoms with E-state index in [0.717, 1.165) is 0 Å². The predicted octanol–water partition coefficient (Wildman–Crippen LogP) is -0.957. The molecule has 0 aromatic carbocycles. The number of amides is 3. The lowest BCUT2D eigenvalue weighted by molar-refractivity contribution is -0.191. The van der Waals surface area contributed by atoms with Gasteiger partial charge < -0.3 is 5.32 Å². The molecule has 3 amide bonds. The molecule has 0 saturated carbocycles. The van der Waals surface area contributed by atoms with Gasteiger partial charge in [-0.25, -0.2) is 4.79 Å². The Hall–Kier alpha value is -1.31. The van der Waals surface area contributed by atoms with E-state index in [1.54, 1.807) is 0 Å². The van der Waals surface area contributed by atoms with Gasteiger partial charge in [0.05, 0.1) is 0 Å². The zero-order chi connectivity index (χ0) is 9.57. The third-order valence-corrected chi connectivity index (χ3v) is 1.34. The van der Waals surface area contributed by atoms with E-state index in [4.69, 9.17) is 0 Å². The van der Waals surface area contributed by atoms with Crippen molar-refractivity contribution >= 4 is 11.9 Å². The summed E-state index contributed by atoms with van der Waals surface area (Å²) in [6, 6.07) is -1.25. The van der Waals surface area contributed by atoms with Crippen molar-refractivity contribution in [2.24, 2.45) is 5.73 Å². The molecular formula is C4H4F3N3O2. The second-order valence-corrected chi connectivity index (χ2v) is 2.21. The molecule has 0 aromatic rings. The molecule has 1 rings (SSSR count). The van der Waals surface area contributed by atoms with Gasteiger partial charge in [0.25, 0.3) is 11.6 Å². The zero-order valence-corrected chi connectivity index (χ0v) is 5.53. The maximum absolute atomic E-state index is 12.0. The molecule has 1 unspecified atom stereocenters. The number of alkyl halides is 3. The maximum Gasteiger partial charge on any atom is 0.434 e. The monoisotopic (exact) mass is 183 g/mol. The third kappa shape index (κ3) is 0.998. The highest BCUT2D eigenvalue weighted by atomic mass is 19.4. The molecule has 12 heavy (non-hydrogen) atoms. The molecule has 4 N–H and O–H groups in total. The smallest absolute Gasteiger partial charge is 0.304 e. The van der Waals surface area contributed by atoms with Crippen LogP contribution >= 0.6 is 0 Å². The van der Waals surface area contributed by atoms with Crippen LogP contribution in [0, 0.1) is 0 Å². The van der Waals surface area contributed by atoms with Crippen molar-refractivity contribution in [2.75, 3.05) is 0 Å². The summed E-state index contributed by atoms with van der Waals surface area (Å²) in [6.07, 6.45) is -5.00. The van der Waals surface area contributed by atoms with Gasteiger partial charge in [-0.2, -0.15) is 13.2 Å². The molecule has 68 valence electrons. The molecule has 1 heterocycles. The summed E-state index contributed by atoms with van der Waals surface area (Å²) in [4.78, 5) is 20.8. The number of urea groups is 1. The number of hydrogen-bond donors (Lipinski definition) is 3. The van der Waals surface area contributed by atoms with Gasteiger partial charge in [-0.3, -0.25) is 15.8 Å². The Morgan fingerprint density at radius 2 is 1.83 bits per heavy atom. The Bertz CT molecular complexity index is 250. The average Bonchev–Trinajstić information content (AvgIpc) is 2.06. The van der Waals surface area contributed by atoms with Gasteiger partial charge in [0.2, 0.25) is 0 Å². The zero-order valence-electron chi connectivity index (χ0n) is 5.53. The SMILES string of the molecule is NC1(C(F)(F)F)NC(=O)NC1=O. The fourth-order valence-electron chi connectivity index (χ4n) is 0.668. The van der Waals surface area contributed by atoms with Crippen LogP contribution in [-0.4, -0.2) is 23.8 Å². The van der Waals surface area contributed by atoms with Gasteiger partial charge in [0.15, 0.2) is 0 Å². The first kappa shape index (κ1) is 8.78. The van der Waals surface area contributed by atoms with Crippen molar-refractivity contribution in [2.45, 2.75) is 11.8 Å². The Kier molecular flexibility index (Phi) is 1.53. The summed E-state index contributed by atoms with van der Waals surface area (Å²) in [5.41, 5.74) is 1.31. The largest absolute Gasteiger partial charge is 0.434 e. The number of rotatable bonds is 0. The molecule has 0 aliphatic carbocycles. The van der Waals surface area contributed by atoms with Gasteiger partial charge >= 0.3 is 12.2 Å². The van der Waals surface area contributed by atoms with Crippen LogP contribution < -0.4 is 16.4 Å². The van der Waals surface area contributed by atoms with E-state index in [2.05, 4.69) is 5.73 Å². The fourth-order valence-corrected chi connectivity index (χ4v) is 0.668. The number of halogens is 3. The predicted molar refractivity (Wildman–Crippen MR) is 29.6 cm³/mol. The van der Waals surface area contributed by atoms with E-state index >= 15 is 0 Å². The molecule has 1 aliphatic rings. The van der Waals surface area contributed by atoms with Gasteiger partial charge in [-0.05, 0) is 0 Å². The number of hydrogen-bond acceptors (Lipinski definition) is 3. The normalized spacial score (nSPS) is 30.0. The lowest BCUT2D eigenvalue weighted by Gasteiger charge is -2.22. The highest BCUT2D eigenvalue weighted by Crippen LogP contribution is 2.28. The Morgan fingerprint density at radius 1 is 1.33 bits per heavy atom. The number of nitrogens with two attached hydrogens (primary N) is 1. The molecule has 1 aliphatic heterocycles. The lowest BCUT2D eigenvalue weighted by atomic mass is 10.2. The minimum Gasteiger partial charge on any atom is -0.304 e. The van der Waals surface area contributed by atoms with Crippen molar-refractivity contribution in [3.05, 3.63) is 0 Å². The standard InChI is InChI=1S/C4H4F3N3O2/c5-4(6,7)3(8)1(11)9-2(12)10-3/h8H2,(H2,9,10,11,12). The first-order valence-corrected chi connectivity index (χ1v) is 2.76. The number of carbonyl (C=O) groups is 2. The summed E-state index contributed by atoms with van der Waals surface area (Å²) in [7, 11) is 0. The fraction of sp³-hybridized carbons (Fsp3) is 0.500. The van der Waals surface area contributed by atoms with Crippen LogP contribution in [0.15, 0.2) is 0 Å². The topological polar surface area (TPSA) is 84.2 Å². The highest BCUT2D eigenvalue weighted by molar-refractivity contribution is 6.07. The quantitative estimate of drug-likeness (QED) is 0.423. The van der Waals surface area contributed by atoms with E-state index in [-0.39, 0.29) is 0 Å². The Morgan fingerprint density at radius 3 is 2.00 bits per heavy atom. The second kappa shape index (κ2) is 2.09. The van der Waals surface area contributed by atoms with Crippen molar-refractivity contribution in [1.82, 2.24) is 10.6 Å². The maximum atomic E-state index is 12.0. The number of carbonyl (C=O) groups excluding carboxylic acids is 2. The Labute approximate surface area is 64.1 Å².